The molecule has 13 heavy (non-hydrogen) atoms. The Labute approximate surface area is 152 Å². The van der Waals surface area contributed by atoms with Crippen LogP contribution in [0.3, 0.4) is 0 Å². The molecule has 6 nitrogen and oxygen atoms in total. The zero-order valence-corrected chi connectivity index (χ0v) is 7.82. The first kappa shape index (κ1) is 30.3. The molecule has 0 spiro atoms. The summed E-state index contributed by atoms with van der Waals surface area (Å²) in [5.41, 5.74) is 0. The molecule has 0 radical (unpaired) electrons. The zero-order valence-electron chi connectivity index (χ0n) is 4.39. The van der Waals surface area contributed by atoms with E-state index in [-0.39, 0.29) is 88.7 Å². The SMILES string of the molecule is OP(O)(O)=S.OP(O)(O)=S.[NaH].[NaH].[NaH]. The molecule has 0 aromatic carbocycles. The van der Waals surface area contributed by atoms with Gasteiger partial charge in [0.15, 0.2) is 0 Å². The predicted molar refractivity (Wildman–Crippen MR) is 63.3 cm³/mol. The topological polar surface area (TPSA) is 121 Å². The van der Waals surface area contributed by atoms with Gasteiger partial charge in [-0.15, -0.1) is 0 Å². The molecule has 0 aromatic heterocycles. The molecule has 0 atom stereocenters. The van der Waals surface area contributed by atoms with Crippen molar-refractivity contribution in [3.8, 4) is 0 Å². The standard InChI is InChI=1S/3Na.2H3O3PS.3H/c;;;2*1-4(2,3)5;;;/h;;;2*(H3,1,2,3,5);;;. The second kappa shape index (κ2) is 14.1. The molecule has 0 saturated heterocycles. The summed E-state index contributed by atoms with van der Waals surface area (Å²) in [4.78, 5) is 45.3. The van der Waals surface area contributed by atoms with E-state index < -0.39 is 13.4 Å². The van der Waals surface area contributed by atoms with Crippen molar-refractivity contribution in [3.63, 3.8) is 0 Å². The molecule has 0 fully saturated rings. The molecule has 0 saturated carbocycles. The molecule has 0 amide bonds. The first-order valence-electron chi connectivity index (χ1n) is 1.57. The summed E-state index contributed by atoms with van der Waals surface area (Å²) in [7, 11) is 0. The second-order valence-electron chi connectivity index (χ2n) is 1.03. The summed E-state index contributed by atoms with van der Waals surface area (Å²) in [5, 5.41) is 0. The van der Waals surface area contributed by atoms with E-state index in [4.69, 9.17) is 29.4 Å². The monoisotopic (exact) mass is 300 g/mol. The number of hydrogen-bond donors (Lipinski definition) is 6. The second-order valence-corrected chi connectivity index (χ2v) is 6.02. The fraction of sp³-hybridized carbons (Fsp3) is 0. The molecular weight excluding hydrogens is 291 g/mol. The maximum absolute atomic E-state index is 7.56. The Morgan fingerprint density at radius 2 is 0.538 bits per heavy atom. The first-order valence-corrected chi connectivity index (χ1v) is 6.89. The molecule has 0 heterocycles. The Morgan fingerprint density at radius 3 is 0.538 bits per heavy atom. The molecule has 0 rings (SSSR count). The van der Waals surface area contributed by atoms with E-state index in [0.29, 0.717) is 0 Å². The van der Waals surface area contributed by atoms with Crippen molar-refractivity contribution in [2.75, 3.05) is 0 Å². The van der Waals surface area contributed by atoms with Crippen molar-refractivity contribution in [2.45, 2.75) is 0 Å². The van der Waals surface area contributed by atoms with Gasteiger partial charge in [-0.05, 0) is 23.6 Å². The first-order chi connectivity index (χ1) is 4.00. The van der Waals surface area contributed by atoms with Crippen molar-refractivity contribution >= 4 is 126 Å². The Hall–Kier alpha value is 4.06. The van der Waals surface area contributed by atoms with Crippen LogP contribution in [0.4, 0.5) is 0 Å². The third-order valence-corrected chi connectivity index (χ3v) is 0. The van der Waals surface area contributed by atoms with E-state index >= 15 is 0 Å². The van der Waals surface area contributed by atoms with Crippen molar-refractivity contribution in [2.24, 2.45) is 0 Å². The van der Waals surface area contributed by atoms with E-state index in [9.17, 15) is 0 Å². The zero-order chi connectivity index (χ0) is 9.00. The number of hydrogen-bond acceptors (Lipinski definition) is 2. The Bertz CT molecular complexity index is 136. The third-order valence-electron chi connectivity index (χ3n) is 0. The number of rotatable bonds is 0. The molecule has 0 aliphatic carbocycles. The fourth-order valence-electron chi connectivity index (χ4n) is 0. The molecule has 0 aliphatic rings. The predicted octanol–water partition coefficient (Wildman–Crippen LogP) is -3.57. The summed E-state index contributed by atoms with van der Waals surface area (Å²) in [5.74, 6) is 0. The maximum atomic E-state index is 7.56. The van der Waals surface area contributed by atoms with Gasteiger partial charge in [0, 0.05) is 0 Å². The van der Waals surface area contributed by atoms with Crippen LogP contribution in [0.2, 0.25) is 0 Å². The van der Waals surface area contributed by atoms with Gasteiger partial charge in [-0.25, -0.2) is 0 Å². The molecule has 0 bridgehead atoms. The molecule has 0 aliphatic heterocycles. The van der Waals surface area contributed by atoms with E-state index in [1.54, 1.807) is 0 Å². The summed E-state index contributed by atoms with van der Waals surface area (Å²) in [6, 6.07) is 0. The average molecular weight is 300 g/mol. The third kappa shape index (κ3) is 193. The Morgan fingerprint density at radius 1 is 0.538 bits per heavy atom. The van der Waals surface area contributed by atoms with Gasteiger partial charge in [-0.3, -0.25) is 0 Å². The van der Waals surface area contributed by atoms with E-state index in [1.165, 1.54) is 0 Å². The van der Waals surface area contributed by atoms with Crippen LogP contribution < -0.4 is 0 Å². The van der Waals surface area contributed by atoms with Gasteiger partial charge >= 0.3 is 102 Å². The van der Waals surface area contributed by atoms with Gasteiger partial charge in [0.05, 0.1) is 0 Å². The van der Waals surface area contributed by atoms with Gasteiger partial charge in [-0.1, -0.05) is 0 Å². The summed E-state index contributed by atoms with van der Waals surface area (Å²) in [6.45, 7) is -7.61. The minimum absolute atomic E-state index is 0. The Kier molecular flexibility index (Phi) is 32.9. The molecule has 0 unspecified atom stereocenters. The Balaban J connectivity index is -0.0000000267. The van der Waals surface area contributed by atoms with E-state index in [2.05, 4.69) is 23.6 Å². The van der Waals surface area contributed by atoms with Crippen molar-refractivity contribution in [1.29, 1.82) is 0 Å². The summed E-state index contributed by atoms with van der Waals surface area (Å²) >= 11 is 7.21. The minimum atomic E-state index is -3.81. The average Bonchev–Trinajstić information content (AvgIpc) is 1.12. The molecular formula is H9Na3O6P2S2. The van der Waals surface area contributed by atoms with Crippen LogP contribution in [-0.4, -0.2) is 118 Å². The van der Waals surface area contributed by atoms with Gasteiger partial charge < -0.3 is 29.4 Å². The van der Waals surface area contributed by atoms with Crippen molar-refractivity contribution in [3.05, 3.63) is 0 Å². The van der Waals surface area contributed by atoms with E-state index in [0.717, 1.165) is 0 Å². The van der Waals surface area contributed by atoms with Gasteiger partial charge in [-0.2, -0.15) is 0 Å². The van der Waals surface area contributed by atoms with Gasteiger partial charge in [0.2, 0.25) is 0 Å². The van der Waals surface area contributed by atoms with Crippen LogP contribution >= 0.6 is 13.4 Å². The van der Waals surface area contributed by atoms with Crippen molar-refractivity contribution < 1.29 is 29.4 Å². The van der Waals surface area contributed by atoms with Gasteiger partial charge in [0.1, 0.15) is 0 Å². The van der Waals surface area contributed by atoms with Crippen LogP contribution in [-0.2, 0) is 23.6 Å². The van der Waals surface area contributed by atoms with Crippen molar-refractivity contribution in [1.82, 2.24) is 0 Å². The fourth-order valence-corrected chi connectivity index (χ4v) is 0. The molecule has 0 aromatic rings. The molecule has 6 N–H and O–H groups in total. The summed E-state index contributed by atoms with van der Waals surface area (Å²) in [6.07, 6.45) is 0. The van der Waals surface area contributed by atoms with Gasteiger partial charge in [0.25, 0.3) is 0 Å². The normalized spacial score (nSPS) is 9.08. The van der Waals surface area contributed by atoms with Crippen LogP contribution in [0.15, 0.2) is 0 Å². The van der Waals surface area contributed by atoms with Crippen LogP contribution in [0, 0.1) is 0 Å². The van der Waals surface area contributed by atoms with Crippen LogP contribution in [0.1, 0.15) is 0 Å². The van der Waals surface area contributed by atoms with E-state index in [1.807, 2.05) is 0 Å². The summed E-state index contributed by atoms with van der Waals surface area (Å²) < 4.78 is 0. The van der Waals surface area contributed by atoms with Crippen LogP contribution in [0.5, 0.6) is 0 Å². The quantitative estimate of drug-likeness (QED) is 0.201. The van der Waals surface area contributed by atoms with Crippen LogP contribution in [0.25, 0.3) is 0 Å². The molecule has 70 valence electrons. The molecule has 13 heteroatoms.